The number of benzene rings is 2. The van der Waals surface area contributed by atoms with Crippen LogP contribution in [0.25, 0.3) is 0 Å². The fourth-order valence-corrected chi connectivity index (χ4v) is 7.08. The summed E-state index contributed by atoms with van der Waals surface area (Å²) in [6.45, 7) is 3.78. The molecule has 2 N–H and O–H groups in total. The summed E-state index contributed by atoms with van der Waals surface area (Å²) in [6.07, 6.45) is 15.7. The fourth-order valence-electron chi connectivity index (χ4n) is 6.23. The number of rotatable bonds is 8. The summed E-state index contributed by atoms with van der Waals surface area (Å²) >= 11 is 1.09. The molecule has 2 aliphatic carbocycles. The average Bonchev–Trinajstić information content (AvgIpc) is 3.40. The molecule has 0 spiro atoms. The maximum atomic E-state index is 13.1. The Morgan fingerprint density at radius 3 is 2.10 bits per heavy atom. The fraction of sp³-hybridized carbons (Fsp3) is 0.559. The molecule has 2 aromatic rings. The number of carbonyl (C=O) groups is 3. The molecule has 2 saturated carbocycles. The van der Waals surface area contributed by atoms with E-state index in [1.807, 2.05) is 31.2 Å². The van der Waals surface area contributed by atoms with E-state index < -0.39 is 17.9 Å². The minimum atomic E-state index is -1.01. The topological polar surface area (TPSA) is 86.7 Å². The molecule has 2 aromatic carbocycles. The van der Waals surface area contributed by atoms with Crippen LogP contribution in [-0.4, -0.2) is 46.0 Å². The monoisotopic (exact) mass is 578 g/mol. The van der Waals surface area contributed by atoms with Gasteiger partial charge in [-0.3, -0.25) is 14.5 Å². The zero-order valence-electron chi connectivity index (χ0n) is 24.6. The number of hydrogen-bond donors (Lipinski definition) is 2. The van der Waals surface area contributed by atoms with Crippen molar-refractivity contribution in [3.63, 3.8) is 0 Å². The predicted molar refractivity (Wildman–Crippen MR) is 168 cm³/mol. The Balaban J connectivity index is 0.000000247. The van der Waals surface area contributed by atoms with Crippen LogP contribution in [0.1, 0.15) is 99.5 Å². The second-order valence-electron chi connectivity index (χ2n) is 11.8. The number of aryl methyl sites for hydroxylation is 1. The van der Waals surface area contributed by atoms with E-state index in [0.717, 1.165) is 41.4 Å². The van der Waals surface area contributed by atoms with E-state index in [0.29, 0.717) is 23.4 Å². The van der Waals surface area contributed by atoms with Crippen molar-refractivity contribution < 1.29 is 19.5 Å². The Hall–Kier alpha value is -2.64. The van der Waals surface area contributed by atoms with Gasteiger partial charge in [-0.2, -0.15) is 0 Å². The summed E-state index contributed by atoms with van der Waals surface area (Å²) in [7, 11) is 0. The van der Waals surface area contributed by atoms with Gasteiger partial charge >= 0.3 is 5.97 Å². The Morgan fingerprint density at radius 1 is 0.927 bits per heavy atom. The minimum absolute atomic E-state index is 0.0931. The first kappa shape index (κ1) is 31.3. The van der Waals surface area contributed by atoms with Gasteiger partial charge in [0.25, 0.3) is 0 Å². The van der Waals surface area contributed by atoms with E-state index in [9.17, 15) is 19.5 Å². The zero-order valence-corrected chi connectivity index (χ0v) is 25.5. The van der Waals surface area contributed by atoms with Crippen LogP contribution in [0.4, 0.5) is 5.69 Å². The first-order valence-electron chi connectivity index (χ1n) is 15.5. The van der Waals surface area contributed by atoms with Crippen molar-refractivity contribution >= 4 is 34.4 Å². The zero-order chi connectivity index (χ0) is 29.2. The molecular weight excluding hydrogens is 532 g/mol. The lowest BCUT2D eigenvalue weighted by Gasteiger charge is -2.30. The lowest BCUT2D eigenvalue weighted by atomic mass is 9.91. The quantitative estimate of drug-likeness (QED) is 0.349. The smallest absolute Gasteiger partial charge is 0.327 e. The van der Waals surface area contributed by atoms with Gasteiger partial charge in [-0.25, -0.2) is 4.79 Å². The Kier molecular flexibility index (Phi) is 11.9. The van der Waals surface area contributed by atoms with Crippen molar-refractivity contribution in [2.24, 2.45) is 5.92 Å². The van der Waals surface area contributed by atoms with Gasteiger partial charge in [0.05, 0.1) is 0 Å². The summed E-state index contributed by atoms with van der Waals surface area (Å²) in [5.41, 5.74) is 3.27. The molecule has 6 nitrogen and oxygen atoms in total. The third-order valence-electron chi connectivity index (χ3n) is 8.64. The molecule has 2 atom stereocenters. The number of anilines is 1. The summed E-state index contributed by atoms with van der Waals surface area (Å²) in [5, 5.41) is 13.4. The number of carboxylic acid groups (broad SMARTS) is 1. The lowest BCUT2D eigenvalue weighted by molar-refractivity contribution is -0.140. The van der Waals surface area contributed by atoms with Gasteiger partial charge in [-0.15, -0.1) is 0 Å². The number of thioether (sulfide) groups is 1. The van der Waals surface area contributed by atoms with Crippen LogP contribution in [0, 0.1) is 5.92 Å². The van der Waals surface area contributed by atoms with Crippen LogP contribution in [0.2, 0.25) is 0 Å². The number of nitrogens with zero attached hydrogens (tertiary/aromatic N) is 1. The second-order valence-corrected chi connectivity index (χ2v) is 12.8. The van der Waals surface area contributed by atoms with Crippen molar-refractivity contribution in [3.05, 3.63) is 65.2 Å². The maximum Gasteiger partial charge on any atom is 0.327 e. The number of carbonyl (C=O) groups excluding carboxylic acids is 2. The standard InChI is InChI=1S/C22H23NO4S.C12H23N/c1-3-15-9-10-18-17(11-15)12-19(21(25)26)23(18)20(24)14(2)13-28-22(27)16-7-5-4-6-8-16;1-3-7-11(8-4-1)13-12-9-5-2-6-10-12/h4-11,14,19H,3,12-13H2,1-2H3,(H,25,26);11-13H,1-10H2. The van der Waals surface area contributed by atoms with Crippen LogP contribution < -0.4 is 10.2 Å². The molecule has 0 aromatic heterocycles. The molecule has 1 aliphatic heterocycles. The SMILES string of the molecule is C1CCC(NC2CCCCC2)CC1.CCc1ccc2c(c1)CC(C(=O)O)N2C(=O)C(C)CSC(=O)c1ccccc1. The third-order valence-corrected chi connectivity index (χ3v) is 9.80. The van der Waals surface area contributed by atoms with Crippen molar-refractivity contribution in [1.29, 1.82) is 0 Å². The van der Waals surface area contributed by atoms with Gasteiger partial charge < -0.3 is 10.4 Å². The molecule has 222 valence electrons. The van der Waals surface area contributed by atoms with Crippen LogP contribution in [0.15, 0.2) is 48.5 Å². The van der Waals surface area contributed by atoms with E-state index in [4.69, 9.17) is 0 Å². The molecule has 2 fully saturated rings. The molecule has 41 heavy (non-hydrogen) atoms. The number of nitrogens with one attached hydrogen (secondary N) is 1. The van der Waals surface area contributed by atoms with Crippen molar-refractivity contribution in [1.82, 2.24) is 5.32 Å². The van der Waals surface area contributed by atoms with E-state index in [2.05, 4.69) is 5.32 Å². The Labute approximate surface area is 249 Å². The van der Waals surface area contributed by atoms with Gasteiger partial charge in [0.15, 0.2) is 0 Å². The van der Waals surface area contributed by atoms with E-state index in [-0.39, 0.29) is 11.0 Å². The minimum Gasteiger partial charge on any atom is -0.480 e. The second kappa shape index (κ2) is 15.5. The molecule has 0 bridgehead atoms. The molecular formula is C34H46N2O4S. The largest absolute Gasteiger partial charge is 0.480 e. The lowest BCUT2D eigenvalue weighted by Crippen LogP contribution is -2.45. The predicted octanol–water partition coefficient (Wildman–Crippen LogP) is 7.04. The highest BCUT2D eigenvalue weighted by molar-refractivity contribution is 8.14. The third kappa shape index (κ3) is 8.68. The van der Waals surface area contributed by atoms with Crippen molar-refractivity contribution in [2.45, 2.75) is 109 Å². The number of hydrogen-bond acceptors (Lipinski definition) is 5. The van der Waals surface area contributed by atoms with Crippen molar-refractivity contribution in [3.8, 4) is 0 Å². The van der Waals surface area contributed by atoms with Gasteiger partial charge in [-0.1, -0.05) is 107 Å². The van der Waals surface area contributed by atoms with E-state index in [1.165, 1.54) is 69.1 Å². The molecule has 7 heteroatoms. The normalized spacial score (nSPS) is 20.0. The summed E-state index contributed by atoms with van der Waals surface area (Å²) in [5.74, 6) is -1.44. The van der Waals surface area contributed by atoms with Gasteiger partial charge in [0.2, 0.25) is 11.0 Å². The molecule has 0 radical (unpaired) electrons. The molecule has 3 aliphatic rings. The van der Waals surface area contributed by atoms with E-state index >= 15 is 0 Å². The first-order chi connectivity index (χ1) is 19.9. The van der Waals surface area contributed by atoms with Gasteiger partial charge in [0.1, 0.15) is 6.04 Å². The molecule has 1 amide bonds. The Morgan fingerprint density at radius 2 is 1.54 bits per heavy atom. The summed E-state index contributed by atoms with van der Waals surface area (Å²) in [6, 6.07) is 15.5. The van der Waals surface area contributed by atoms with Crippen molar-refractivity contribution in [2.75, 3.05) is 10.7 Å². The van der Waals surface area contributed by atoms with Gasteiger partial charge in [-0.05, 0) is 49.3 Å². The maximum absolute atomic E-state index is 13.1. The highest BCUT2D eigenvalue weighted by atomic mass is 32.2. The number of amides is 1. The van der Waals surface area contributed by atoms with Gasteiger partial charge in [0, 0.05) is 41.4 Å². The highest BCUT2D eigenvalue weighted by Gasteiger charge is 2.40. The number of aliphatic carboxylic acids is 1. The van der Waals surface area contributed by atoms with E-state index in [1.54, 1.807) is 31.2 Å². The number of fused-ring (bicyclic) bond motifs is 1. The number of carboxylic acids is 1. The highest BCUT2D eigenvalue weighted by Crippen LogP contribution is 2.35. The first-order valence-corrected chi connectivity index (χ1v) is 16.5. The summed E-state index contributed by atoms with van der Waals surface area (Å²) in [4.78, 5) is 38.5. The molecule has 1 heterocycles. The molecule has 0 saturated heterocycles. The van der Waals surface area contributed by atoms with Crippen LogP contribution in [0.3, 0.4) is 0 Å². The average molecular weight is 579 g/mol. The van der Waals surface area contributed by atoms with Crippen LogP contribution in [0.5, 0.6) is 0 Å². The molecule has 5 rings (SSSR count). The van der Waals surface area contributed by atoms with Crippen LogP contribution in [-0.2, 0) is 22.4 Å². The molecule has 2 unspecified atom stereocenters. The Bertz CT molecular complexity index is 1140. The van der Waals surface area contributed by atoms with Crippen LogP contribution >= 0.6 is 11.8 Å². The summed E-state index contributed by atoms with van der Waals surface area (Å²) < 4.78 is 0.